The molecule has 2 rings (SSSR count). The third kappa shape index (κ3) is 3.11. The Kier molecular flexibility index (Phi) is 4.51. The van der Waals surface area contributed by atoms with Gasteiger partial charge in [-0.15, -0.1) is 0 Å². The summed E-state index contributed by atoms with van der Waals surface area (Å²) in [4.78, 5) is 29.7. The van der Waals surface area contributed by atoms with Crippen LogP contribution in [0.5, 0.6) is 0 Å². The number of hydrogen-bond acceptors (Lipinski definition) is 4. The molecule has 0 radical (unpaired) electrons. The lowest BCUT2D eigenvalue weighted by atomic mass is 10.2. The zero-order chi connectivity index (χ0) is 13.7. The van der Waals surface area contributed by atoms with Crippen molar-refractivity contribution in [2.45, 2.75) is 19.4 Å². The predicted molar refractivity (Wildman–Crippen MR) is 67.6 cm³/mol. The van der Waals surface area contributed by atoms with Crippen molar-refractivity contribution >= 4 is 11.9 Å². The average Bonchev–Trinajstić information content (AvgIpc) is 2.98. The van der Waals surface area contributed by atoms with Crippen molar-refractivity contribution < 1.29 is 14.3 Å². The second-order valence-corrected chi connectivity index (χ2v) is 4.33. The fourth-order valence-electron chi connectivity index (χ4n) is 1.94. The number of imidazole rings is 1. The van der Waals surface area contributed by atoms with Gasteiger partial charge in [-0.05, 0) is 6.42 Å². The first-order chi connectivity index (χ1) is 9.24. The third-order valence-electron chi connectivity index (χ3n) is 2.95. The lowest BCUT2D eigenvalue weighted by molar-refractivity contribution is -0.130. The minimum atomic E-state index is -0.574. The number of aromatic nitrogens is 2. The quantitative estimate of drug-likeness (QED) is 0.840. The van der Waals surface area contributed by atoms with E-state index in [-0.39, 0.29) is 18.5 Å². The molecule has 0 spiro atoms. The second kappa shape index (κ2) is 6.33. The third-order valence-corrected chi connectivity index (χ3v) is 2.95. The van der Waals surface area contributed by atoms with E-state index in [9.17, 15) is 9.59 Å². The van der Waals surface area contributed by atoms with Crippen LogP contribution in [0.25, 0.3) is 0 Å². The normalized spacial score (nSPS) is 19.2. The molecule has 0 aliphatic carbocycles. The molecule has 1 fully saturated rings. The van der Waals surface area contributed by atoms with Crippen LogP contribution in [0.4, 0.5) is 4.79 Å². The van der Waals surface area contributed by atoms with Gasteiger partial charge in [-0.25, -0.2) is 9.78 Å². The van der Waals surface area contributed by atoms with Gasteiger partial charge in [-0.1, -0.05) is 6.92 Å². The Hall–Kier alpha value is -1.89. The molecule has 1 atom stereocenters. The molecule has 104 valence electrons. The van der Waals surface area contributed by atoms with Crippen molar-refractivity contribution in [2.24, 2.45) is 0 Å². The van der Waals surface area contributed by atoms with Crippen LogP contribution in [-0.4, -0.2) is 58.7 Å². The Morgan fingerprint density at radius 2 is 2.37 bits per heavy atom. The topological polar surface area (TPSA) is 76.5 Å². The number of amides is 2. The first kappa shape index (κ1) is 13.5. The van der Waals surface area contributed by atoms with E-state index in [1.807, 2.05) is 6.92 Å². The van der Waals surface area contributed by atoms with Gasteiger partial charge in [0.1, 0.15) is 12.4 Å². The summed E-state index contributed by atoms with van der Waals surface area (Å²) < 4.78 is 6.67. The summed E-state index contributed by atoms with van der Waals surface area (Å²) in [6.45, 7) is 3.66. The lowest BCUT2D eigenvalue weighted by Crippen LogP contribution is -2.56. The number of carbonyl (C=O) groups excluding carboxylic acids is 2. The molecule has 0 saturated carbocycles. The van der Waals surface area contributed by atoms with Crippen molar-refractivity contribution in [3.8, 4) is 0 Å². The lowest BCUT2D eigenvalue weighted by Gasteiger charge is -2.34. The zero-order valence-electron chi connectivity index (χ0n) is 10.9. The smallest absolute Gasteiger partial charge is 0.330 e. The van der Waals surface area contributed by atoms with Gasteiger partial charge in [0.05, 0.1) is 13.2 Å². The summed E-state index contributed by atoms with van der Waals surface area (Å²) in [5.74, 6) is -0.171. The van der Waals surface area contributed by atoms with Crippen LogP contribution < -0.4 is 5.32 Å². The van der Waals surface area contributed by atoms with Gasteiger partial charge < -0.3 is 15.0 Å². The number of morpholine rings is 1. The fourth-order valence-corrected chi connectivity index (χ4v) is 1.94. The number of nitrogens with zero attached hydrogens (tertiary/aromatic N) is 3. The zero-order valence-corrected chi connectivity index (χ0v) is 10.9. The van der Waals surface area contributed by atoms with Crippen LogP contribution in [0.1, 0.15) is 13.3 Å². The van der Waals surface area contributed by atoms with E-state index in [2.05, 4.69) is 10.3 Å². The molecule has 1 N–H and O–H groups in total. The van der Waals surface area contributed by atoms with E-state index < -0.39 is 6.04 Å². The van der Waals surface area contributed by atoms with Crippen molar-refractivity contribution in [2.75, 3.05) is 26.3 Å². The molecule has 19 heavy (non-hydrogen) atoms. The molecule has 1 unspecified atom stereocenters. The molecule has 1 aromatic rings. The molecule has 0 bridgehead atoms. The first-order valence-corrected chi connectivity index (χ1v) is 6.38. The van der Waals surface area contributed by atoms with E-state index in [1.165, 1.54) is 22.0 Å². The van der Waals surface area contributed by atoms with Gasteiger partial charge in [-0.2, -0.15) is 0 Å². The molecule has 7 heteroatoms. The van der Waals surface area contributed by atoms with Crippen LogP contribution in [-0.2, 0) is 9.53 Å². The minimum Gasteiger partial charge on any atom is -0.377 e. The monoisotopic (exact) mass is 266 g/mol. The van der Waals surface area contributed by atoms with Crippen LogP contribution in [0, 0.1) is 0 Å². The Labute approximate surface area is 111 Å². The highest BCUT2D eigenvalue weighted by Gasteiger charge is 2.33. The SMILES string of the molecule is CCCNC(=O)C1COCCN1C(=O)n1ccnc1. The summed E-state index contributed by atoms with van der Waals surface area (Å²) in [7, 11) is 0. The van der Waals surface area contributed by atoms with Gasteiger partial charge >= 0.3 is 6.03 Å². The molecule has 7 nitrogen and oxygen atoms in total. The van der Waals surface area contributed by atoms with Crippen LogP contribution >= 0.6 is 0 Å². The Morgan fingerprint density at radius 3 is 3.05 bits per heavy atom. The molecule has 0 aromatic carbocycles. The molecule has 2 heterocycles. The maximum atomic E-state index is 12.3. The molecule has 1 aliphatic rings. The average molecular weight is 266 g/mol. The highest BCUT2D eigenvalue weighted by atomic mass is 16.5. The highest BCUT2D eigenvalue weighted by molar-refractivity contribution is 5.88. The van der Waals surface area contributed by atoms with Crippen molar-refractivity contribution in [1.29, 1.82) is 0 Å². The standard InChI is InChI=1S/C12H18N4O3/c1-2-3-14-11(17)10-8-19-7-6-16(10)12(18)15-5-4-13-9-15/h4-5,9-10H,2-3,6-8H2,1H3,(H,14,17). The van der Waals surface area contributed by atoms with Gasteiger partial charge in [0.15, 0.2) is 0 Å². The molecular formula is C12H18N4O3. The summed E-state index contributed by atoms with van der Waals surface area (Å²) in [6.07, 6.45) is 5.39. The van der Waals surface area contributed by atoms with E-state index >= 15 is 0 Å². The van der Waals surface area contributed by atoms with Gasteiger partial charge in [0, 0.05) is 25.5 Å². The van der Waals surface area contributed by atoms with Crippen molar-refractivity contribution in [3.63, 3.8) is 0 Å². The van der Waals surface area contributed by atoms with Crippen LogP contribution in [0.2, 0.25) is 0 Å². The molecule has 1 aromatic heterocycles. The number of rotatable bonds is 3. The second-order valence-electron chi connectivity index (χ2n) is 4.33. The Bertz CT molecular complexity index is 432. The Balaban J connectivity index is 2.07. The van der Waals surface area contributed by atoms with E-state index in [0.29, 0.717) is 19.7 Å². The Morgan fingerprint density at radius 1 is 1.53 bits per heavy atom. The number of nitrogens with one attached hydrogen (secondary N) is 1. The molecule has 1 aliphatic heterocycles. The van der Waals surface area contributed by atoms with Crippen molar-refractivity contribution in [1.82, 2.24) is 19.8 Å². The largest absolute Gasteiger partial charge is 0.377 e. The minimum absolute atomic E-state index is 0.171. The van der Waals surface area contributed by atoms with Crippen LogP contribution in [0.15, 0.2) is 18.7 Å². The predicted octanol–water partition coefficient (Wildman–Crippen LogP) is 0.0782. The highest BCUT2D eigenvalue weighted by Crippen LogP contribution is 2.09. The van der Waals surface area contributed by atoms with Gasteiger partial charge in [0.25, 0.3) is 0 Å². The first-order valence-electron chi connectivity index (χ1n) is 6.38. The summed E-state index contributed by atoms with van der Waals surface area (Å²) in [6, 6.07) is -0.826. The summed E-state index contributed by atoms with van der Waals surface area (Å²) in [5.41, 5.74) is 0. The van der Waals surface area contributed by atoms with Crippen molar-refractivity contribution in [3.05, 3.63) is 18.7 Å². The van der Waals surface area contributed by atoms with E-state index in [0.717, 1.165) is 6.42 Å². The van der Waals surface area contributed by atoms with Crippen LogP contribution in [0.3, 0.4) is 0 Å². The fraction of sp³-hybridized carbons (Fsp3) is 0.583. The number of carbonyl (C=O) groups is 2. The molecule has 2 amide bonds. The maximum absolute atomic E-state index is 12.3. The summed E-state index contributed by atoms with van der Waals surface area (Å²) >= 11 is 0. The maximum Gasteiger partial charge on any atom is 0.330 e. The van der Waals surface area contributed by atoms with Gasteiger partial charge in [0.2, 0.25) is 5.91 Å². The molecule has 1 saturated heterocycles. The van der Waals surface area contributed by atoms with E-state index in [4.69, 9.17) is 4.74 Å². The van der Waals surface area contributed by atoms with Gasteiger partial charge in [-0.3, -0.25) is 9.36 Å². The van der Waals surface area contributed by atoms with E-state index in [1.54, 1.807) is 6.20 Å². The number of hydrogen-bond donors (Lipinski definition) is 1. The summed E-state index contributed by atoms with van der Waals surface area (Å²) in [5, 5.41) is 2.79. The molecular weight excluding hydrogens is 248 g/mol. The number of ether oxygens (including phenoxy) is 1.